The number of carbonyl (C=O) groups is 1. The summed E-state index contributed by atoms with van der Waals surface area (Å²) in [5, 5.41) is 5.33. The van der Waals surface area contributed by atoms with Crippen LogP contribution >= 0.6 is 11.6 Å². The summed E-state index contributed by atoms with van der Waals surface area (Å²) in [7, 11) is -3.56. The molecule has 1 atom stereocenters. The number of rotatable bonds is 9. The molecule has 2 aromatic rings. The average molecular weight is 425 g/mol. The Hall–Kier alpha value is -1.93. The Kier molecular flexibility index (Phi) is 8.00. The second kappa shape index (κ2) is 10.0. The summed E-state index contributed by atoms with van der Waals surface area (Å²) >= 11 is 6.01. The molecule has 28 heavy (non-hydrogen) atoms. The zero-order valence-electron chi connectivity index (χ0n) is 16.4. The van der Waals surface area contributed by atoms with Crippen molar-refractivity contribution >= 4 is 33.2 Å². The molecule has 0 aliphatic carbocycles. The number of hydrogen-bond donors (Lipinski definition) is 2. The minimum Gasteiger partial charge on any atom is -0.333 e. The van der Waals surface area contributed by atoms with Gasteiger partial charge in [0.2, 0.25) is 10.0 Å². The van der Waals surface area contributed by atoms with E-state index in [0.29, 0.717) is 23.8 Å². The van der Waals surface area contributed by atoms with Crippen LogP contribution in [-0.4, -0.2) is 38.3 Å². The predicted octanol–water partition coefficient (Wildman–Crippen LogP) is 2.63. The number of nitrogens with zero attached hydrogens (tertiary/aromatic N) is 1. The molecule has 0 bridgehead atoms. The fraction of sp³-hybridized carbons (Fsp3) is 0.350. The van der Waals surface area contributed by atoms with E-state index in [9.17, 15) is 13.2 Å². The highest BCUT2D eigenvalue weighted by atomic mass is 35.5. The number of nitrogens with two attached hydrogens (primary N) is 1. The second-order valence-corrected chi connectivity index (χ2v) is 8.82. The molecule has 0 unspecified atom stereocenters. The first-order valence-corrected chi connectivity index (χ1v) is 11.1. The maximum absolute atomic E-state index is 12.6. The van der Waals surface area contributed by atoms with Crippen LogP contribution in [0.15, 0.2) is 53.4 Å². The van der Waals surface area contributed by atoms with Crippen molar-refractivity contribution < 1.29 is 18.5 Å². The molecule has 2 rings (SSSR count). The highest BCUT2D eigenvalue weighted by Crippen LogP contribution is 2.19. The number of sulfonamides is 1. The van der Waals surface area contributed by atoms with E-state index in [-0.39, 0.29) is 23.4 Å². The van der Waals surface area contributed by atoms with Crippen molar-refractivity contribution in [2.45, 2.75) is 31.7 Å². The van der Waals surface area contributed by atoms with Crippen molar-refractivity contribution in [3.8, 4) is 0 Å². The molecule has 0 saturated carbocycles. The Morgan fingerprint density at radius 3 is 2.46 bits per heavy atom. The van der Waals surface area contributed by atoms with Crippen molar-refractivity contribution in [3.63, 3.8) is 0 Å². The maximum Gasteiger partial charge on any atom is 0.279 e. The fourth-order valence-electron chi connectivity index (χ4n) is 2.87. The summed E-state index contributed by atoms with van der Waals surface area (Å²) in [6.07, 6.45) is 0. The maximum atomic E-state index is 12.6. The molecule has 8 heteroatoms. The summed E-state index contributed by atoms with van der Waals surface area (Å²) < 4.78 is 26.6. The molecule has 0 aliphatic rings. The minimum atomic E-state index is -3.56. The van der Waals surface area contributed by atoms with Crippen molar-refractivity contribution in [2.75, 3.05) is 25.0 Å². The summed E-state index contributed by atoms with van der Waals surface area (Å²) in [4.78, 5) is 12.5. The van der Waals surface area contributed by atoms with Gasteiger partial charge in [0.1, 0.15) is 6.04 Å². The van der Waals surface area contributed by atoms with Crippen LogP contribution in [0.2, 0.25) is 5.02 Å². The largest absolute Gasteiger partial charge is 0.333 e. The monoisotopic (exact) mass is 424 g/mol. The Morgan fingerprint density at radius 2 is 1.82 bits per heavy atom. The molecule has 152 valence electrons. The van der Waals surface area contributed by atoms with Crippen LogP contribution in [0.1, 0.15) is 32.4 Å². The topological polar surface area (TPSA) is 83.1 Å². The fourth-order valence-corrected chi connectivity index (χ4v) is 4.57. The quantitative estimate of drug-likeness (QED) is 0.649. The average Bonchev–Trinajstić information content (AvgIpc) is 2.67. The number of halogens is 1. The van der Waals surface area contributed by atoms with E-state index in [4.69, 9.17) is 11.6 Å². The molecule has 1 amide bonds. The molecular formula is C20H27ClN3O3S+. The van der Waals surface area contributed by atoms with Crippen LogP contribution in [0.5, 0.6) is 0 Å². The number of hydrogen-bond acceptors (Lipinski definition) is 3. The van der Waals surface area contributed by atoms with Crippen LogP contribution < -0.4 is 10.6 Å². The molecule has 0 aromatic heterocycles. The van der Waals surface area contributed by atoms with Gasteiger partial charge < -0.3 is 10.6 Å². The van der Waals surface area contributed by atoms with Gasteiger partial charge >= 0.3 is 0 Å². The smallest absolute Gasteiger partial charge is 0.279 e. The van der Waals surface area contributed by atoms with E-state index < -0.39 is 10.0 Å². The predicted molar refractivity (Wildman–Crippen MR) is 112 cm³/mol. The minimum absolute atomic E-state index is 0.0684. The van der Waals surface area contributed by atoms with Gasteiger partial charge in [-0.25, -0.2) is 8.42 Å². The van der Waals surface area contributed by atoms with Crippen LogP contribution in [-0.2, 0) is 14.8 Å². The Balaban J connectivity index is 2.01. The Bertz CT molecular complexity index is 914. The van der Waals surface area contributed by atoms with Crippen LogP contribution in [0, 0.1) is 0 Å². The molecule has 0 spiro atoms. The lowest BCUT2D eigenvalue weighted by Gasteiger charge is -2.19. The normalized spacial score (nSPS) is 12.8. The van der Waals surface area contributed by atoms with E-state index in [1.54, 1.807) is 26.0 Å². The highest BCUT2D eigenvalue weighted by molar-refractivity contribution is 7.89. The number of quaternary nitrogens is 1. The van der Waals surface area contributed by atoms with Gasteiger partial charge in [-0.2, -0.15) is 4.31 Å². The zero-order valence-corrected chi connectivity index (χ0v) is 17.9. The highest BCUT2D eigenvalue weighted by Gasteiger charge is 2.22. The van der Waals surface area contributed by atoms with Gasteiger partial charge in [-0.15, -0.1) is 0 Å². The summed E-state index contributed by atoms with van der Waals surface area (Å²) in [6, 6.07) is 13.9. The first-order chi connectivity index (χ1) is 13.3. The van der Waals surface area contributed by atoms with Gasteiger partial charge in [-0.1, -0.05) is 43.6 Å². The number of anilines is 1. The summed E-state index contributed by atoms with van der Waals surface area (Å²) in [6.45, 7) is 6.58. The lowest BCUT2D eigenvalue weighted by Crippen LogP contribution is -2.86. The molecule has 0 aliphatic heterocycles. The Labute approximate surface area is 171 Å². The third kappa shape index (κ3) is 5.78. The number of benzene rings is 2. The molecule has 3 N–H and O–H groups in total. The van der Waals surface area contributed by atoms with Gasteiger partial charge in [0, 0.05) is 29.4 Å². The van der Waals surface area contributed by atoms with Crippen molar-refractivity contribution in [3.05, 3.63) is 59.1 Å². The number of amides is 1. The SMILES string of the molecule is CCN(CC)S(=O)(=O)c1cccc(NC(=O)C[NH2+][C@H](C)c2cccc(Cl)c2)c1. The van der Waals surface area contributed by atoms with E-state index in [1.165, 1.54) is 16.4 Å². The van der Waals surface area contributed by atoms with E-state index in [2.05, 4.69) is 5.32 Å². The molecule has 0 radical (unpaired) electrons. The third-order valence-corrected chi connectivity index (χ3v) is 6.77. The van der Waals surface area contributed by atoms with Gasteiger partial charge in [-0.3, -0.25) is 4.79 Å². The first-order valence-electron chi connectivity index (χ1n) is 9.26. The second-order valence-electron chi connectivity index (χ2n) is 6.45. The molecule has 2 aromatic carbocycles. The van der Waals surface area contributed by atoms with Gasteiger partial charge in [0.15, 0.2) is 6.54 Å². The van der Waals surface area contributed by atoms with Crippen molar-refractivity contribution in [1.29, 1.82) is 0 Å². The summed E-state index contributed by atoms with van der Waals surface area (Å²) in [5.41, 5.74) is 1.50. The number of carbonyl (C=O) groups excluding carboxylic acids is 1. The van der Waals surface area contributed by atoms with Crippen LogP contribution in [0.3, 0.4) is 0 Å². The molecular weight excluding hydrogens is 398 g/mol. The van der Waals surface area contributed by atoms with E-state index in [0.717, 1.165) is 5.56 Å². The first kappa shape index (κ1) is 22.4. The van der Waals surface area contributed by atoms with E-state index in [1.807, 2.05) is 36.5 Å². The van der Waals surface area contributed by atoms with Crippen LogP contribution in [0.25, 0.3) is 0 Å². The number of nitrogens with one attached hydrogen (secondary N) is 1. The summed E-state index contributed by atoms with van der Waals surface area (Å²) in [5.74, 6) is -0.203. The molecule has 0 fully saturated rings. The molecule has 6 nitrogen and oxygen atoms in total. The standard InChI is InChI=1S/C20H26ClN3O3S/c1-4-24(5-2)28(26,27)19-11-7-10-18(13-19)23-20(25)14-22-15(3)16-8-6-9-17(21)12-16/h6-13,15,22H,4-5,14H2,1-3H3,(H,23,25)/p+1/t15-/m1/s1. The van der Waals surface area contributed by atoms with Gasteiger partial charge in [0.05, 0.1) is 4.90 Å². The van der Waals surface area contributed by atoms with Gasteiger partial charge in [0.25, 0.3) is 5.91 Å². The third-order valence-electron chi connectivity index (χ3n) is 4.49. The molecule has 0 saturated heterocycles. The van der Waals surface area contributed by atoms with Gasteiger partial charge in [-0.05, 0) is 37.3 Å². The van der Waals surface area contributed by atoms with Crippen LogP contribution in [0.4, 0.5) is 5.69 Å². The molecule has 0 heterocycles. The zero-order chi connectivity index (χ0) is 20.7. The lowest BCUT2D eigenvalue weighted by molar-refractivity contribution is -0.682. The van der Waals surface area contributed by atoms with Crippen molar-refractivity contribution in [2.24, 2.45) is 0 Å². The van der Waals surface area contributed by atoms with Crippen molar-refractivity contribution in [1.82, 2.24) is 4.31 Å². The Morgan fingerprint density at radius 1 is 1.14 bits per heavy atom. The van der Waals surface area contributed by atoms with E-state index >= 15 is 0 Å². The lowest BCUT2D eigenvalue weighted by atomic mass is 10.1.